The lowest BCUT2D eigenvalue weighted by atomic mass is 10.1. The predicted octanol–water partition coefficient (Wildman–Crippen LogP) is 3.71. The second kappa shape index (κ2) is 6.20. The fourth-order valence-electron chi connectivity index (χ4n) is 3.58. The molecule has 1 heterocycles. The van der Waals surface area contributed by atoms with Gasteiger partial charge in [0.05, 0.1) is 0 Å². The van der Waals surface area contributed by atoms with E-state index >= 15 is 0 Å². The van der Waals surface area contributed by atoms with Gasteiger partial charge in [-0.3, -0.25) is 0 Å². The molecule has 1 fully saturated rings. The Balaban J connectivity index is 1.90. The molecule has 1 aromatic carbocycles. The minimum Gasteiger partial charge on any atom is -0.341 e. The van der Waals surface area contributed by atoms with Crippen molar-refractivity contribution in [3.63, 3.8) is 0 Å². The zero-order valence-corrected chi connectivity index (χ0v) is 13.2. The minimum atomic E-state index is 0.468. The Labute approximate surface area is 127 Å². The molecule has 3 N–H and O–H groups in total. The highest BCUT2D eigenvalue weighted by atomic mass is 15.0. The average Bonchev–Trinajstić information content (AvgIpc) is 3.10. The van der Waals surface area contributed by atoms with Gasteiger partial charge < -0.3 is 15.6 Å². The van der Waals surface area contributed by atoms with Crippen molar-refractivity contribution in [2.45, 2.75) is 64.7 Å². The van der Waals surface area contributed by atoms with Gasteiger partial charge in [-0.2, -0.15) is 0 Å². The Bertz CT molecular complexity index is 606. The lowest BCUT2D eigenvalue weighted by Crippen LogP contribution is -2.26. The predicted molar refractivity (Wildman–Crippen MR) is 89.3 cm³/mol. The van der Waals surface area contributed by atoms with Gasteiger partial charge in [-0.25, -0.2) is 0 Å². The number of hydrogen-bond donors (Lipinski definition) is 2. The molecule has 0 unspecified atom stereocenters. The van der Waals surface area contributed by atoms with Crippen molar-refractivity contribution in [1.29, 1.82) is 0 Å². The van der Waals surface area contributed by atoms with Crippen molar-refractivity contribution in [2.24, 2.45) is 5.73 Å². The summed E-state index contributed by atoms with van der Waals surface area (Å²) < 4.78 is 2.45. The number of fused-ring (bicyclic) bond motifs is 1. The summed E-state index contributed by atoms with van der Waals surface area (Å²) in [5.41, 5.74) is 9.71. The van der Waals surface area contributed by atoms with Crippen molar-refractivity contribution in [3.8, 4) is 0 Å². The highest BCUT2D eigenvalue weighted by Crippen LogP contribution is 2.26. The summed E-state index contributed by atoms with van der Waals surface area (Å²) >= 11 is 0. The first kappa shape index (κ1) is 14.6. The summed E-state index contributed by atoms with van der Waals surface area (Å²) in [4.78, 5) is 0. The molecule has 1 aliphatic rings. The van der Waals surface area contributed by atoms with E-state index in [1.165, 1.54) is 47.8 Å². The lowest BCUT2D eigenvalue weighted by Gasteiger charge is -2.17. The molecule has 0 amide bonds. The summed E-state index contributed by atoms with van der Waals surface area (Å²) in [7, 11) is 0. The smallest absolute Gasteiger partial charge is 0.0488 e. The Kier molecular flexibility index (Phi) is 4.32. The second-order valence-corrected chi connectivity index (χ2v) is 6.56. The van der Waals surface area contributed by atoms with Gasteiger partial charge in [0.25, 0.3) is 0 Å². The maximum Gasteiger partial charge on any atom is 0.0488 e. The summed E-state index contributed by atoms with van der Waals surface area (Å²) in [6.45, 7) is 6.09. The van der Waals surface area contributed by atoms with Gasteiger partial charge in [0.1, 0.15) is 0 Å². The van der Waals surface area contributed by atoms with Crippen LogP contribution in [0.15, 0.2) is 24.3 Å². The molecule has 2 aromatic rings. The molecule has 0 bridgehead atoms. The molecule has 114 valence electrons. The van der Waals surface area contributed by atoms with Gasteiger partial charge in [0.15, 0.2) is 0 Å². The van der Waals surface area contributed by atoms with E-state index in [1.807, 2.05) is 0 Å². The molecule has 0 atom stereocenters. The second-order valence-electron chi connectivity index (χ2n) is 6.56. The monoisotopic (exact) mass is 285 g/mol. The molecule has 1 saturated carbocycles. The topological polar surface area (TPSA) is 43.0 Å². The molecule has 3 rings (SSSR count). The molecule has 0 radical (unpaired) electrons. The van der Waals surface area contributed by atoms with E-state index in [9.17, 15) is 0 Å². The number of nitrogens with one attached hydrogen (secondary N) is 1. The molecule has 0 aliphatic heterocycles. The van der Waals surface area contributed by atoms with Crippen LogP contribution in [0.3, 0.4) is 0 Å². The molecule has 3 heteroatoms. The van der Waals surface area contributed by atoms with Crippen LogP contribution in [0.4, 0.5) is 0 Å². The first-order valence-corrected chi connectivity index (χ1v) is 8.25. The van der Waals surface area contributed by atoms with Gasteiger partial charge in [-0.1, -0.05) is 25.0 Å². The number of benzene rings is 1. The maximum absolute atomic E-state index is 5.79. The lowest BCUT2D eigenvalue weighted by molar-refractivity contribution is 0.497. The summed E-state index contributed by atoms with van der Waals surface area (Å²) in [6.07, 6.45) is 5.42. The molecular formula is C18H27N3. The highest BCUT2D eigenvalue weighted by molar-refractivity contribution is 5.82. The van der Waals surface area contributed by atoms with Gasteiger partial charge >= 0.3 is 0 Å². The molecule has 21 heavy (non-hydrogen) atoms. The zero-order chi connectivity index (χ0) is 14.8. The summed E-state index contributed by atoms with van der Waals surface area (Å²) in [5.74, 6) is 0. The maximum atomic E-state index is 5.79. The molecule has 1 aromatic heterocycles. The number of rotatable bonds is 5. The Hall–Kier alpha value is -1.32. The van der Waals surface area contributed by atoms with Crippen molar-refractivity contribution >= 4 is 10.9 Å². The van der Waals surface area contributed by atoms with Crippen LogP contribution in [-0.2, 0) is 13.1 Å². The Morgan fingerprint density at radius 3 is 2.67 bits per heavy atom. The van der Waals surface area contributed by atoms with Crippen LogP contribution in [0.5, 0.6) is 0 Å². The fourth-order valence-corrected chi connectivity index (χ4v) is 3.58. The van der Waals surface area contributed by atoms with Crippen molar-refractivity contribution in [3.05, 3.63) is 35.5 Å². The van der Waals surface area contributed by atoms with E-state index in [0.717, 1.165) is 6.54 Å². The number of hydrogen-bond acceptors (Lipinski definition) is 2. The minimum absolute atomic E-state index is 0.468. The quantitative estimate of drug-likeness (QED) is 0.879. The fraction of sp³-hybridized carbons (Fsp3) is 0.556. The third-order valence-electron chi connectivity index (χ3n) is 4.67. The summed E-state index contributed by atoms with van der Waals surface area (Å²) in [6, 6.07) is 10.1. The Morgan fingerprint density at radius 1 is 1.24 bits per heavy atom. The van der Waals surface area contributed by atoms with Crippen LogP contribution >= 0.6 is 0 Å². The zero-order valence-electron chi connectivity index (χ0n) is 13.2. The number of aromatic nitrogens is 1. The summed E-state index contributed by atoms with van der Waals surface area (Å²) in [5, 5.41) is 5.06. The van der Waals surface area contributed by atoms with Gasteiger partial charge in [0, 0.05) is 36.4 Å². The standard InChI is InChI=1S/C18H27N3/c1-13(2)21-17(12-20-16-5-3-4-6-16)10-15-8-7-14(11-19)9-18(15)21/h7-10,13,16,20H,3-6,11-12,19H2,1-2H3. The molecular weight excluding hydrogens is 258 g/mol. The third kappa shape index (κ3) is 2.99. The van der Waals surface area contributed by atoms with E-state index in [0.29, 0.717) is 18.6 Å². The van der Waals surface area contributed by atoms with Crippen molar-refractivity contribution in [2.75, 3.05) is 0 Å². The normalized spacial score (nSPS) is 16.4. The van der Waals surface area contributed by atoms with Crippen LogP contribution in [0.25, 0.3) is 10.9 Å². The average molecular weight is 285 g/mol. The van der Waals surface area contributed by atoms with Crippen molar-refractivity contribution in [1.82, 2.24) is 9.88 Å². The molecule has 0 saturated heterocycles. The van der Waals surface area contributed by atoms with E-state index in [1.54, 1.807) is 0 Å². The largest absolute Gasteiger partial charge is 0.341 e. The van der Waals surface area contributed by atoms with Crippen LogP contribution < -0.4 is 11.1 Å². The first-order valence-electron chi connectivity index (χ1n) is 8.25. The van der Waals surface area contributed by atoms with E-state index < -0.39 is 0 Å². The Morgan fingerprint density at radius 2 is 2.00 bits per heavy atom. The van der Waals surface area contributed by atoms with Crippen molar-refractivity contribution < 1.29 is 0 Å². The van der Waals surface area contributed by atoms with E-state index in [2.05, 4.69) is 48.0 Å². The molecule has 1 aliphatic carbocycles. The number of nitrogens with two attached hydrogens (primary N) is 1. The van der Waals surface area contributed by atoms with Crippen LogP contribution in [0.1, 0.15) is 56.8 Å². The highest BCUT2D eigenvalue weighted by Gasteiger charge is 2.16. The SMILES string of the molecule is CC(C)n1c(CNC2CCCC2)cc2ccc(CN)cc21. The third-order valence-corrected chi connectivity index (χ3v) is 4.67. The first-order chi connectivity index (χ1) is 10.2. The van der Waals surface area contributed by atoms with Gasteiger partial charge in [-0.15, -0.1) is 0 Å². The van der Waals surface area contributed by atoms with E-state index in [4.69, 9.17) is 5.73 Å². The van der Waals surface area contributed by atoms with Gasteiger partial charge in [-0.05, 0) is 49.8 Å². The van der Waals surface area contributed by atoms with Crippen LogP contribution in [0.2, 0.25) is 0 Å². The van der Waals surface area contributed by atoms with Gasteiger partial charge in [0.2, 0.25) is 0 Å². The van der Waals surface area contributed by atoms with Crippen LogP contribution in [-0.4, -0.2) is 10.6 Å². The molecule has 0 spiro atoms. The number of nitrogens with zero attached hydrogens (tertiary/aromatic N) is 1. The molecule has 3 nitrogen and oxygen atoms in total. The van der Waals surface area contributed by atoms with E-state index in [-0.39, 0.29) is 0 Å². The van der Waals surface area contributed by atoms with Crippen LogP contribution in [0, 0.1) is 0 Å².